The van der Waals surface area contributed by atoms with E-state index in [-0.39, 0.29) is 29.4 Å². The summed E-state index contributed by atoms with van der Waals surface area (Å²) in [5.74, 6) is -0.194. The van der Waals surface area contributed by atoms with Crippen LogP contribution in [-0.2, 0) is 9.59 Å². The van der Waals surface area contributed by atoms with Gasteiger partial charge in [0.1, 0.15) is 6.04 Å². The van der Waals surface area contributed by atoms with Crippen molar-refractivity contribution in [3.63, 3.8) is 0 Å². The van der Waals surface area contributed by atoms with Gasteiger partial charge >= 0.3 is 0 Å². The van der Waals surface area contributed by atoms with Gasteiger partial charge in [-0.15, -0.1) is 0 Å². The first-order valence-corrected chi connectivity index (χ1v) is 11.6. The minimum atomic E-state index is -0.526. The summed E-state index contributed by atoms with van der Waals surface area (Å²) < 4.78 is 14.8. The van der Waals surface area contributed by atoms with Crippen molar-refractivity contribution in [1.82, 2.24) is 20.2 Å². The van der Waals surface area contributed by atoms with Gasteiger partial charge in [-0.05, 0) is 38.0 Å². The average Bonchev–Trinajstić information content (AvgIpc) is 3.22. The molecular formula is C22H25Cl2FN6O2. The lowest BCUT2D eigenvalue weighted by atomic mass is 10.1. The number of anilines is 2. The molecule has 2 saturated heterocycles. The number of aryl methyl sites for hydroxylation is 1. The second-order valence-corrected chi connectivity index (χ2v) is 9.12. The number of benzene rings is 1. The van der Waals surface area contributed by atoms with Crippen LogP contribution in [0, 0.1) is 12.7 Å². The number of halogens is 3. The fourth-order valence-corrected chi connectivity index (χ4v) is 4.64. The molecule has 0 radical (unpaired) electrons. The average molecular weight is 495 g/mol. The Labute approximate surface area is 201 Å². The van der Waals surface area contributed by atoms with E-state index in [1.165, 1.54) is 0 Å². The normalized spacial score (nSPS) is 19.4. The van der Waals surface area contributed by atoms with Crippen LogP contribution in [0.4, 0.5) is 16.2 Å². The minimum Gasteiger partial charge on any atom is -0.361 e. The third kappa shape index (κ3) is 5.14. The Kier molecular flexibility index (Phi) is 6.90. The van der Waals surface area contributed by atoms with Crippen LogP contribution in [0.2, 0.25) is 10.0 Å². The third-order valence-electron chi connectivity index (χ3n) is 5.95. The van der Waals surface area contributed by atoms with Gasteiger partial charge in [0.15, 0.2) is 11.6 Å². The van der Waals surface area contributed by atoms with Crippen molar-refractivity contribution in [2.45, 2.75) is 38.8 Å². The molecule has 3 heterocycles. The molecule has 0 unspecified atom stereocenters. The van der Waals surface area contributed by atoms with E-state index < -0.39 is 11.9 Å². The fraction of sp³-hybridized carbons (Fsp3) is 0.455. The van der Waals surface area contributed by atoms with Crippen LogP contribution < -0.4 is 15.5 Å². The molecule has 1 aromatic carbocycles. The number of piperazine rings is 1. The van der Waals surface area contributed by atoms with E-state index in [2.05, 4.69) is 20.6 Å². The quantitative estimate of drug-likeness (QED) is 0.662. The van der Waals surface area contributed by atoms with Gasteiger partial charge < -0.3 is 20.4 Å². The number of amides is 2. The van der Waals surface area contributed by atoms with Gasteiger partial charge in [0.2, 0.25) is 17.8 Å². The number of aromatic nitrogens is 2. The van der Waals surface area contributed by atoms with Crippen molar-refractivity contribution in [3.05, 3.63) is 45.3 Å². The van der Waals surface area contributed by atoms with E-state index in [0.29, 0.717) is 55.0 Å². The molecule has 2 aliphatic heterocycles. The first-order valence-electron chi connectivity index (χ1n) is 10.8. The van der Waals surface area contributed by atoms with Crippen LogP contribution in [0.5, 0.6) is 0 Å². The molecule has 176 valence electrons. The number of hydrogen-bond acceptors (Lipinski definition) is 6. The summed E-state index contributed by atoms with van der Waals surface area (Å²) in [5.41, 5.74) is 0.994. The summed E-state index contributed by atoms with van der Waals surface area (Å²) in [4.78, 5) is 36.5. The van der Waals surface area contributed by atoms with E-state index in [9.17, 15) is 14.0 Å². The third-order valence-corrected chi connectivity index (χ3v) is 6.52. The Morgan fingerprint density at radius 3 is 2.61 bits per heavy atom. The van der Waals surface area contributed by atoms with Crippen molar-refractivity contribution >= 4 is 46.8 Å². The highest BCUT2D eigenvalue weighted by Gasteiger charge is 2.33. The molecule has 0 spiro atoms. The SMILES string of the molecule is Cc1nc(N2CCN(C(=O)[C@H]3CCC(=O)N3)CC2)nc(N[C@H](C)c2ccc(Cl)cc2Cl)c1F. The topological polar surface area (TPSA) is 90.5 Å². The second-order valence-electron chi connectivity index (χ2n) is 8.27. The Hall–Kier alpha value is -2.65. The van der Waals surface area contributed by atoms with Crippen LogP contribution in [-0.4, -0.2) is 58.9 Å². The van der Waals surface area contributed by atoms with Crippen LogP contribution in [0.25, 0.3) is 0 Å². The van der Waals surface area contributed by atoms with Gasteiger partial charge in [0.25, 0.3) is 0 Å². The molecule has 8 nitrogen and oxygen atoms in total. The molecule has 2 amide bonds. The van der Waals surface area contributed by atoms with Crippen LogP contribution in [0.15, 0.2) is 18.2 Å². The van der Waals surface area contributed by atoms with E-state index in [1.807, 2.05) is 11.8 Å². The summed E-state index contributed by atoms with van der Waals surface area (Å²) >= 11 is 12.3. The maximum absolute atomic E-state index is 14.8. The Bertz CT molecular complexity index is 1080. The lowest BCUT2D eigenvalue weighted by Crippen LogP contribution is -2.53. The van der Waals surface area contributed by atoms with Crippen molar-refractivity contribution in [2.75, 3.05) is 36.4 Å². The molecule has 2 atom stereocenters. The second kappa shape index (κ2) is 9.69. The molecule has 0 aliphatic carbocycles. The molecule has 2 aliphatic rings. The van der Waals surface area contributed by atoms with Crippen molar-refractivity contribution in [2.24, 2.45) is 0 Å². The first kappa shape index (κ1) is 23.5. The predicted octanol–water partition coefficient (Wildman–Crippen LogP) is 3.33. The molecule has 4 rings (SSSR count). The molecule has 11 heteroatoms. The van der Waals surface area contributed by atoms with E-state index >= 15 is 0 Å². The lowest BCUT2D eigenvalue weighted by molar-refractivity contribution is -0.134. The molecular weight excluding hydrogens is 470 g/mol. The maximum atomic E-state index is 14.8. The summed E-state index contributed by atoms with van der Waals surface area (Å²) in [5, 5.41) is 6.81. The molecule has 1 aromatic heterocycles. The van der Waals surface area contributed by atoms with Gasteiger partial charge in [-0.3, -0.25) is 9.59 Å². The van der Waals surface area contributed by atoms with Gasteiger partial charge in [-0.2, -0.15) is 4.98 Å². The molecule has 0 saturated carbocycles. The number of carbonyl (C=O) groups excluding carboxylic acids is 2. The fourth-order valence-electron chi connectivity index (χ4n) is 4.06. The standard InChI is InChI=1S/C22H25Cl2FN6O2/c1-12(15-4-3-14(23)11-16(15)24)26-20-19(25)13(2)27-22(29-20)31-9-7-30(8-10-31)21(33)17-5-6-18(32)28-17/h3-4,11-12,17H,5-10H2,1-2H3,(H,28,32)(H,26,27,29)/t12-,17-/m1/s1. The minimum absolute atomic E-state index is 0.0623. The number of rotatable bonds is 5. The Balaban J connectivity index is 1.45. The molecule has 2 N–H and O–H groups in total. The van der Waals surface area contributed by atoms with E-state index in [4.69, 9.17) is 23.2 Å². The number of nitrogens with one attached hydrogen (secondary N) is 2. The summed E-state index contributed by atoms with van der Waals surface area (Å²) in [6, 6.07) is 4.40. The zero-order valence-corrected chi connectivity index (χ0v) is 19.9. The predicted molar refractivity (Wildman–Crippen MR) is 125 cm³/mol. The van der Waals surface area contributed by atoms with Crippen LogP contribution >= 0.6 is 23.2 Å². The van der Waals surface area contributed by atoms with Gasteiger partial charge in [0, 0.05) is 42.6 Å². The number of nitrogens with zero attached hydrogens (tertiary/aromatic N) is 4. The summed E-state index contributed by atoms with van der Waals surface area (Å²) in [6.07, 6.45) is 0.914. The smallest absolute Gasteiger partial charge is 0.245 e. The largest absolute Gasteiger partial charge is 0.361 e. The molecule has 2 fully saturated rings. The number of hydrogen-bond donors (Lipinski definition) is 2. The van der Waals surface area contributed by atoms with Crippen molar-refractivity contribution < 1.29 is 14.0 Å². The molecule has 33 heavy (non-hydrogen) atoms. The van der Waals surface area contributed by atoms with E-state index in [1.54, 1.807) is 30.0 Å². The maximum Gasteiger partial charge on any atom is 0.245 e. The van der Waals surface area contributed by atoms with Crippen molar-refractivity contribution in [1.29, 1.82) is 0 Å². The highest BCUT2D eigenvalue weighted by atomic mass is 35.5. The van der Waals surface area contributed by atoms with Gasteiger partial charge in [0.05, 0.1) is 11.7 Å². The van der Waals surface area contributed by atoms with Gasteiger partial charge in [-0.1, -0.05) is 29.3 Å². The Morgan fingerprint density at radius 1 is 1.24 bits per heavy atom. The molecule has 2 aromatic rings. The van der Waals surface area contributed by atoms with Crippen LogP contribution in [0.1, 0.15) is 37.1 Å². The van der Waals surface area contributed by atoms with Crippen molar-refractivity contribution in [3.8, 4) is 0 Å². The zero-order valence-electron chi connectivity index (χ0n) is 18.4. The number of carbonyl (C=O) groups is 2. The summed E-state index contributed by atoms with van der Waals surface area (Å²) in [6.45, 7) is 5.42. The lowest BCUT2D eigenvalue weighted by Gasteiger charge is -2.36. The zero-order chi connectivity index (χ0) is 23.7. The highest BCUT2D eigenvalue weighted by Crippen LogP contribution is 2.30. The van der Waals surface area contributed by atoms with Gasteiger partial charge in [-0.25, -0.2) is 9.37 Å². The van der Waals surface area contributed by atoms with Crippen LogP contribution in [0.3, 0.4) is 0 Å². The summed E-state index contributed by atoms with van der Waals surface area (Å²) in [7, 11) is 0. The van der Waals surface area contributed by atoms with E-state index in [0.717, 1.165) is 5.56 Å². The Morgan fingerprint density at radius 2 is 1.97 bits per heavy atom. The highest BCUT2D eigenvalue weighted by molar-refractivity contribution is 6.35. The monoisotopic (exact) mass is 494 g/mol. The molecule has 0 bridgehead atoms. The first-order chi connectivity index (χ1) is 15.7.